The molecule has 2 heterocycles. The predicted molar refractivity (Wildman–Crippen MR) is 123 cm³/mol. The minimum atomic E-state index is -0.580. The maximum Gasteiger partial charge on any atom is 0.407 e. The first kappa shape index (κ1) is 22.7. The van der Waals surface area contributed by atoms with Crippen LogP contribution < -0.4 is 10.2 Å². The lowest BCUT2D eigenvalue weighted by molar-refractivity contribution is 0.0979. The van der Waals surface area contributed by atoms with Crippen molar-refractivity contribution in [2.24, 2.45) is 5.92 Å². The minimum absolute atomic E-state index is 0.0154. The van der Waals surface area contributed by atoms with Crippen LogP contribution in [0.1, 0.15) is 12.0 Å². The van der Waals surface area contributed by atoms with Crippen LogP contribution >= 0.6 is 0 Å². The first-order valence-electron chi connectivity index (χ1n) is 10.9. The number of fused-ring (bicyclic) bond motifs is 1. The second kappa shape index (κ2) is 9.99. The molecular formula is C24H27FN4O4. The van der Waals surface area contributed by atoms with E-state index < -0.39 is 11.9 Å². The lowest BCUT2D eigenvalue weighted by Gasteiger charge is -2.21. The lowest BCUT2D eigenvalue weighted by Crippen LogP contribution is -2.32. The standard InChI is InChI=1S/C24H27FN4O4/c1-15-6-7-17-19(12-15)27-22(21-18(25)4-3-5-20(21)30)28-23(17)29-9-8-16(14-29)13-26-24(31)33-11-10-32-2/h3-7,12,16,30H,8-11,13-14H2,1-2H3,(H,26,31). The highest BCUT2D eigenvalue weighted by atomic mass is 19.1. The van der Waals surface area contributed by atoms with Gasteiger partial charge in [0.1, 0.15) is 24.0 Å². The monoisotopic (exact) mass is 454 g/mol. The summed E-state index contributed by atoms with van der Waals surface area (Å²) in [6, 6.07) is 10.0. The molecule has 0 bridgehead atoms. The molecule has 1 aliphatic heterocycles. The number of nitrogens with one attached hydrogen (secondary N) is 1. The Morgan fingerprint density at radius 3 is 2.91 bits per heavy atom. The van der Waals surface area contributed by atoms with E-state index in [1.54, 1.807) is 7.11 Å². The van der Waals surface area contributed by atoms with Crippen molar-refractivity contribution in [3.8, 4) is 17.1 Å². The molecule has 1 saturated heterocycles. The molecule has 9 heteroatoms. The smallest absolute Gasteiger partial charge is 0.407 e. The lowest BCUT2D eigenvalue weighted by atomic mass is 10.1. The molecule has 1 amide bonds. The van der Waals surface area contributed by atoms with E-state index in [4.69, 9.17) is 9.47 Å². The maximum absolute atomic E-state index is 14.6. The molecule has 0 aliphatic carbocycles. The Labute approximate surface area is 191 Å². The molecule has 3 aromatic rings. The highest BCUT2D eigenvalue weighted by Gasteiger charge is 2.27. The van der Waals surface area contributed by atoms with Gasteiger partial charge in [0.05, 0.1) is 17.7 Å². The summed E-state index contributed by atoms with van der Waals surface area (Å²) in [5, 5.41) is 13.9. The van der Waals surface area contributed by atoms with Gasteiger partial charge < -0.3 is 24.8 Å². The zero-order valence-electron chi connectivity index (χ0n) is 18.7. The number of benzene rings is 2. The molecule has 4 rings (SSSR count). The number of carbonyl (C=O) groups is 1. The number of alkyl carbamates (subject to hydrolysis) is 1. The Morgan fingerprint density at radius 2 is 2.12 bits per heavy atom. The topological polar surface area (TPSA) is 96.8 Å². The number of hydrogen-bond acceptors (Lipinski definition) is 7. The summed E-state index contributed by atoms with van der Waals surface area (Å²) in [4.78, 5) is 23.2. The third-order valence-corrected chi connectivity index (χ3v) is 5.69. The maximum atomic E-state index is 14.6. The molecule has 1 fully saturated rings. The fraction of sp³-hybridized carbons (Fsp3) is 0.375. The zero-order valence-corrected chi connectivity index (χ0v) is 18.7. The number of rotatable bonds is 7. The van der Waals surface area contributed by atoms with Gasteiger partial charge >= 0.3 is 6.09 Å². The Hall–Kier alpha value is -3.46. The van der Waals surface area contributed by atoms with E-state index in [-0.39, 0.29) is 29.7 Å². The number of nitrogens with zero attached hydrogens (tertiary/aromatic N) is 3. The second-order valence-corrected chi connectivity index (χ2v) is 8.14. The zero-order chi connectivity index (χ0) is 23.4. The average molecular weight is 455 g/mol. The summed E-state index contributed by atoms with van der Waals surface area (Å²) in [5.74, 6) is 0.248. The van der Waals surface area contributed by atoms with Crippen LogP contribution in [0.5, 0.6) is 5.75 Å². The fourth-order valence-corrected chi connectivity index (χ4v) is 4.00. The van der Waals surface area contributed by atoms with E-state index in [1.807, 2.05) is 25.1 Å². The molecule has 0 spiro atoms. The number of phenolic OH excluding ortho intramolecular Hbond substituents is 1. The van der Waals surface area contributed by atoms with E-state index in [1.165, 1.54) is 18.2 Å². The Balaban J connectivity index is 1.58. The Kier molecular flexibility index (Phi) is 6.88. The molecule has 0 saturated carbocycles. The number of aromatic hydroxyl groups is 1. The number of carbonyl (C=O) groups excluding carboxylic acids is 1. The van der Waals surface area contributed by atoms with Crippen LogP contribution in [0.25, 0.3) is 22.3 Å². The molecule has 0 radical (unpaired) electrons. The molecule has 1 unspecified atom stereocenters. The van der Waals surface area contributed by atoms with Gasteiger partial charge in [-0.1, -0.05) is 12.1 Å². The molecule has 33 heavy (non-hydrogen) atoms. The number of halogens is 1. The highest BCUT2D eigenvalue weighted by Crippen LogP contribution is 2.35. The molecule has 174 valence electrons. The van der Waals surface area contributed by atoms with Crippen molar-refractivity contribution in [1.29, 1.82) is 0 Å². The molecule has 1 aromatic heterocycles. The molecule has 2 aromatic carbocycles. The summed E-state index contributed by atoms with van der Waals surface area (Å²) in [7, 11) is 1.55. The van der Waals surface area contributed by atoms with Crippen molar-refractivity contribution in [2.45, 2.75) is 13.3 Å². The van der Waals surface area contributed by atoms with E-state index >= 15 is 0 Å². The van der Waals surface area contributed by atoms with Crippen molar-refractivity contribution < 1.29 is 23.8 Å². The molecular weight excluding hydrogens is 427 g/mol. The van der Waals surface area contributed by atoms with E-state index in [9.17, 15) is 14.3 Å². The number of hydrogen-bond donors (Lipinski definition) is 2. The van der Waals surface area contributed by atoms with Crippen LogP contribution in [0.2, 0.25) is 0 Å². The van der Waals surface area contributed by atoms with Crippen molar-refractivity contribution in [3.05, 3.63) is 47.8 Å². The highest BCUT2D eigenvalue weighted by molar-refractivity contribution is 5.92. The van der Waals surface area contributed by atoms with E-state index in [0.29, 0.717) is 31.0 Å². The number of aryl methyl sites for hydroxylation is 1. The predicted octanol–water partition coefficient (Wildman–Crippen LogP) is 3.65. The number of methoxy groups -OCH3 is 1. The Bertz CT molecular complexity index is 1140. The number of amides is 1. The van der Waals surface area contributed by atoms with Crippen molar-refractivity contribution in [2.75, 3.05) is 44.9 Å². The number of phenols is 1. The number of anilines is 1. The fourth-order valence-electron chi connectivity index (χ4n) is 4.00. The van der Waals surface area contributed by atoms with Gasteiger partial charge in [-0.3, -0.25) is 0 Å². The van der Waals surface area contributed by atoms with Crippen LogP contribution in [0.4, 0.5) is 15.0 Å². The van der Waals surface area contributed by atoms with Crippen LogP contribution in [-0.2, 0) is 9.47 Å². The molecule has 1 atom stereocenters. The van der Waals surface area contributed by atoms with Gasteiger partial charge in [-0.05, 0) is 49.1 Å². The third-order valence-electron chi connectivity index (χ3n) is 5.69. The summed E-state index contributed by atoms with van der Waals surface area (Å²) in [6.45, 7) is 4.40. The summed E-state index contributed by atoms with van der Waals surface area (Å²) >= 11 is 0. The van der Waals surface area contributed by atoms with Crippen LogP contribution in [0.15, 0.2) is 36.4 Å². The first-order valence-corrected chi connectivity index (χ1v) is 10.9. The third kappa shape index (κ3) is 5.14. The van der Waals surface area contributed by atoms with Crippen molar-refractivity contribution in [3.63, 3.8) is 0 Å². The summed E-state index contributed by atoms with van der Waals surface area (Å²) in [6.07, 6.45) is 0.390. The average Bonchev–Trinajstić information content (AvgIpc) is 3.26. The van der Waals surface area contributed by atoms with Gasteiger partial charge in [0.25, 0.3) is 0 Å². The van der Waals surface area contributed by atoms with Gasteiger partial charge in [0.2, 0.25) is 0 Å². The van der Waals surface area contributed by atoms with E-state index in [0.717, 1.165) is 23.9 Å². The SMILES string of the molecule is COCCOC(=O)NCC1CCN(c2nc(-c3c(O)cccc3F)nc3cc(C)ccc23)C1. The first-order chi connectivity index (χ1) is 16.0. The van der Waals surface area contributed by atoms with Crippen LogP contribution in [0.3, 0.4) is 0 Å². The van der Waals surface area contributed by atoms with Crippen molar-refractivity contribution in [1.82, 2.24) is 15.3 Å². The minimum Gasteiger partial charge on any atom is -0.507 e. The van der Waals surface area contributed by atoms with Gasteiger partial charge in [-0.15, -0.1) is 0 Å². The summed E-state index contributed by atoms with van der Waals surface area (Å²) < 4.78 is 24.5. The molecule has 8 nitrogen and oxygen atoms in total. The van der Waals surface area contributed by atoms with E-state index in [2.05, 4.69) is 20.2 Å². The van der Waals surface area contributed by atoms with Gasteiger partial charge in [-0.2, -0.15) is 0 Å². The van der Waals surface area contributed by atoms with Gasteiger partial charge in [0, 0.05) is 32.1 Å². The molecule has 1 aliphatic rings. The van der Waals surface area contributed by atoms with Crippen LogP contribution in [-0.4, -0.2) is 61.1 Å². The van der Waals surface area contributed by atoms with Gasteiger partial charge in [-0.25, -0.2) is 19.2 Å². The number of ether oxygens (including phenoxy) is 2. The normalized spacial score (nSPS) is 15.7. The van der Waals surface area contributed by atoms with Crippen molar-refractivity contribution >= 4 is 22.8 Å². The quantitative estimate of drug-likeness (QED) is 0.526. The Morgan fingerprint density at radius 1 is 1.27 bits per heavy atom. The van der Waals surface area contributed by atoms with Crippen LogP contribution in [0, 0.1) is 18.7 Å². The number of aromatic nitrogens is 2. The molecule has 2 N–H and O–H groups in total. The summed E-state index contributed by atoms with van der Waals surface area (Å²) in [5.41, 5.74) is 1.69. The van der Waals surface area contributed by atoms with Gasteiger partial charge in [0.15, 0.2) is 5.82 Å². The largest absolute Gasteiger partial charge is 0.507 e. The second-order valence-electron chi connectivity index (χ2n) is 8.14.